The SMILES string of the molecule is NCC(C1CCC1)N1CCN(c2nccs2)CC1. The van der Waals surface area contributed by atoms with E-state index in [-0.39, 0.29) is 0 Å². The van der Waals surface area contributed by atoms with Crippen LogP contribution in [0.1, 0.15) is 19.3 Å². The first kappa shape index (κ1) is 12.4. The van der Waals surface area contributed by atoms with E-state index in [0.717, 1.165) is 38.6 Å². The highest BCUT2D eigenvalue weighted by atomic mass is 32.1. The van der Waals surface area contributed by atoms with Crippen molar-refractivity contribution in [2.24, 2.45) is 11.7 Å². The number of rotatable bonds is 4. The normalized spacial score (nSPS) is 23.9. The molecule has 18 heavy (non-hydrogen) atoms. The quantitative estimate of drug-likeness (QED) is 0.894. The average Bonchev–Trinajstić information content (AvgIpc) is 2.87. The molecule has 0 bridgehead atoms. The molecular weight excluding hydrogens is 244 g/mol. The summed E-state index contributed by atoms with van der Waals surface area (Å²) in [6.07, 6.45) is 6.06. The van der Waals surface area contributed by atoms with E-state index in [4.69, 9.17) is 5.73 Å². The summed E-state index contributed by atoms with van der Waals surface area (Å²) in [6, 6.07) is 0.622. The van der Waals surface area contributed by atoms with E-state index in [2.05, 4.69) is 20.2 Å². The van der Waals surface area contributed by atoms with E-state index >= 15 is 0 Å². The van der Waals surface area contributed by atoms with Crippen molar-refractivity contribution >= 4 is 16.5 Å². The van der Waals surface area contributed by atoms with Crippen molar-refractivity contribution < 1.29 is 0 Å². The summed E-state index contributed by atoms with van der Waals surface area (Å²) in [7, 11) is 0. The zero-order chi connectivity index (χ0) is 12.4. The molecule has 3 rings (SSSR count). The van der Waals surface area contributed by atoms with Crippen LogP contribution in [0.4, 0.5) is 5.13 Å². The molecule has 1 saturated heterocycles. The van der Waals surface area contributed by atoms with Crippen LogP contribution in [0.15, 0.2) is 11.6 Å². The lowest BCUT2D eigenvalue weighted by Gasteiger charge is -2.44. The van der Waals surface area contributed by atoms with Crippen LogP contribution in [0.25, 0.3) is 0 Å². The van der Waals surface area contributed by atoms with Crippen LogP contribution in [-0.4, -0.2) is 48.6 Å². The number of nitrogens with two attached hydrogens (primary N) is 1. The van der Waals surface area contributed by atoms with E-state index in [1.54, 1.807) is 11.3 Å². The minimum atomic E-state index is 0.622. The summed E-state index contributed by atoms with van der Waals surface area (Å²) in [4.78, 5) is 9.40. The molecule has 0 amide bonds. The number of aromatic nitrogens is 1. The van der Waals surface area contributed by atoms with Crippen LogP contribution >= 0.6 is 11.3 Å². The molecule has 2 aliphatic rings. The van der Waals surface area contributed by atoms with Crippen LogP contribution in [0.2, 0.25) is 0 Å². The number of thiazole rings is 1. The van der Waals surface area contributed by atoms with Gasteiger partial charge in [-0.05, 0) is 18.8 Å². The summed E-state index contributed by atoms with van der Waals surface area (Å²) in [5.74, 6) is 0.862. The molecule has 2 heterocycles. The molecule has 1 aliphatic carbocycles. The minimum absolute atomic E-state index is 0.622. The first-order chi connectivity index (χ1) is 8.88. The van der Waals surface area contributed by atoms with E-state index in [0.29, 0.717) is 6.04 Å². The van der Waals surface area contributed by atoms with Crippen molar-refractivity contribution in [2.75, 3.05) is 37.6 Å². The summed E-state index contributed by atoms with van der Waals surface area (Å²) in [5, 5.41) is 3.22. The fourth-order valence-corrected chi connectivity index (χ4v) is 3.78. The average molecular weight is 266 g/mol. The van der Waals surface area contributed by atoms with Crippen LogP contribution < -0.4 is 10.6 Å². The Balaban J connectivity index is 1.55. The van der Waals surface area contributed by atoms with Gasteiger partial charge < -0.3 is 10.6 Å². The second-order valence-electron chi connectivity index (χ2n) is 5.33. The molecule has 100 valence electrons. The van der Waals surface area contributed by atoms with Crippen molar-refractivity contribution in [1.29, 1.82) is 0 Å². The van der Waals surface area contributed by atoms with Gasteiger partial charge >= 0.3 is 0 Å². The fraction of sp³-hybridized carbons (Fsp3) is 0.769. The summed E-state index contributed by atoms with van der Waals surface area (Å²) in [6.45, 7) is 5.28. The minimum Gasteiger partial charge on any atom is -0.346 e. The van der Waals surface area contributed by atoms with Crippen LogP contribution in [0, 0.1) is 5.92 Å². The van der Waals surface area contributed by atoms with Gasteiger partial charge in [-0.15, -0.1) is 11.3 Å². The summed E-state index contributed by atoms with van der Waals surface area (Å²) in [5.41, 5.74) is 5.98. The molecule has 1 aliphatic heterocycles. The smallest absolute Gasteiger partial charge is 0.185 e. The monoisotopic (exact) mass is 266 g/mol. The number of anilines is 1. The maximum absolute atomic E-state index is 5.98. The van der Waals surface area contributed by atoms with Gasteiger partial charge in [0.1, 0.15) is 0 Å². The molecule has 1 atom stereocenters. The maximum Gasteiger partial charge on any atom is 0.185 e. The second kappa shape index (κ2) is 5.55. The molecular formula is C13H22N4S. The van der Waals surface area contributed by atoms with Gasteiger partial charge in [0, 0.05) is 50.3 Å². The molecule has 2 fully saturated rings. The Bertz CT molecular complexity index is 355. The maximum atomic E-state index is 5.98. The van der Waals surface area contributed by atoms with Gasteiger partial charge in [0.2, 0.25) is 0 Å². The van der Waals surface area contributed by atoms with Crippen molar-refractivity contribution in [3.8, 4) is 0 Å². The molecule has 5 heteroatoms. The lowest BCUT2D eigenvalue weighted by Crippen LogP contribution is -2.55. The van der Waals surface area contributed by atoms with Gasteiger partial charge in [0.05, 0.1) is 0 Å². The molecule has 1 aromatic rings. The molecule has 4 nitrogen and oxygen atoms in total. The Morgan fingerprint density at radius 3 is 2.61 bits per heavy atom. The lowest BCUT2D eigenvalue weighted by atomic mass is 9.79. The molecule has 2 N–H and O–H groups in total. The second-order valence-corrected chi connectivity index (χ2v) is 6.20. The van der Waals surface area contributed by atoms with E-state index < -0.39 is 0 Å². The van der Waals surface area contributed by atoms with Crippen LogP contribution in [0.3, 0.4) is 0 Å². The zero-order valence-corrected chi connectivity index (χ0v) is 11.6. The van der Waals surface area contributed by atoms with Gasteiger partial charge in [-0.3, -0.25) is 4.90 Å². The van der Waals surface area contributed by atoms with Crippen LogP contribution in [0.5, 0.6) is 0 Å². The van der Waals surface area contributed by atoms with Gasteiger partial charge in [0.25, 0.3) is 0 Å². The van der Waals surface area contributed by atoms with Gasteiger partial charge in [-0.1, -0.05) is 6.42 Å². The molecule has 0 aromatic carbocycles. The third-order valence-electron chi connectivity index (χ3n) is 4.41. The zero-order valence-electron chi connectivity index (χ0n) is 10.8. The molecule has 1 unspecified atom stereocenters. The van der Waals surface area contributed by atoms with E-state index in [1.165, 1.54) is 24.4 Å². The topological polar surface area (TPSA) is 45.4 Å². The third kappa shape index (κ3) is 2.39. The molecule has 1 saturated carbocycles. The van der Waals surface area contributed by atoms with Crippen LogP contribution in [-0.2, 0) is 0 Å². The van der Waals surface area contributed by atoms with Crippen molar-refractivity contribution in [3.63, 3.8) is 0 Å². The highest BCUT2D eigenvalue weighted by Crippen LogP contribution is 2.32. The predicted molar refractivity (Wildman–Crippen MR) is 76.1 cm³/mol. The molecule has 0 radical (unpaired) electrons. The van der Waals surface area contributed by atoms with Crippen molar-refractivity contribution in [2.45, 2.75) is 25.3 Å². The predicted octanol–water partition coefficient (Wildman–Crippen LogP) is 1.39. The number of piperazine rings is 1. The van der Waals surface area contributed by atoms with Crippen molar-refractivity contribution in [3.05, 3.63) is 11.6 Å². The first-order valence-corrected chi connectivity index (χ1v) is 7.85. The third-order valence-corrected chi connectivity index (χ3v) is 5.24. The Morgan fingerprint density at radius 2 is 2.11 bits per heavy atom. The van der Waals surface area contributed by atoms with Gasteiger partial charge in [-0.2, -0.15) is 0 Å². The Hall–Kier alpha value is -0.650. The highest BCUT2D eigenvalue weighted by Gasteiger charge is 2.32. The van der Waals surface area contributed by atoms with Gasteiger partial charge in [-0.25, -0.2) is 4.98 Å². The molecule has 1 aromatic heterocycles. The van der Waals surface area contributed by atoms with Gasteiger partial charge in [0.15, 0.2) is 5.13 Å². The molecule has 0 spiro atoms. The lowest BCUT2D eigenvalue weighted by molar-refractivity contribution is 0.0951. The van der Waals surface area contributed by atoms with E-state index in [9.17, 15) is 0 Å². The van der Waals surface area contributed by atoms with Crippen molar-refractivity contribution in [1.82, 2.24) is 9.88 Å². The number of nitrogens with zero attached hydrogens (tertiary/aromatic N) is 3. The summed E-state index contributed by atoms with van der Waals surface area (Å²) < 4.78 is 0. The number of hydrogen-bond donors (Lipinski definition) is 1. The van der Waals surface area contributed by atoms with E-state index in [1.807, 2.05) is 6.20 Å². The summed E-state index contributed by atoms with van der Waals surface area (Å²) >= 11 is 1.74. The largest absolute Gasteiger partial charge is 0.346 e. The Labute approximate surface area is 113 Å². The number of hydrogen-bond acceptors (Lipinski definition) is 5. The Morgan fingerprint density at radius 1 is 1.33 bits per heavy atom. The fourth-order valence-electron chi connectivity index (χ4n) is 3.08. The Kier molecular flexibility index (Phi) is 3.82. The standard InChI is InChI=1S/C13H22N4S/c14-10-12(11-2-1-3-11)16-5-7-17(8-6-16)13-15-4-9-18-13/h4,9,11-12H,1-3,5-8,10,14H2. The highest BCUT2D eigenvalue weighted by molar-refractivity contribution is 7.13. The first-order valence-electron chi connectivity index (χ1n) is 6.97.